The van der Waals surface area contributed by atoms with Crippen LogP contribution in [0.5, 0.6) is 0 Å². The Morgan fingerprint density at radius 3 is 1.95 bits per heavy atom. The summed E-state index contributed by atoms with van der Waals surface area (Å²) in [4.78, 5) is 15.8. The summed E-state index contributed by atoms with van der Waals surface area (Å²) < 4.78 is 88.3. The van der Waals surface area contributed by atoms with Gasteiger partial charge in [-0.05, 0) is 73.3 Å². The minimum absolute atomic E-state index is 0.0273. The van der Waals surface area contributed by atoms with Crippen LogP contribution in [0.15, 0.2) is 47.4 Å². The lowest BCUT2D eigenvalue weighted by atomic mass is 9.55. The van der Waals surface area contributed by atoms with Crippen molar-refractivity contribution in [2.24, 2.45) is 16.7 Å². The number of nitrogens with zero attached hydrogens (tertiary/aromatic N) is 2. The predicted molar refractivity (Wildman–Crippen MR) is 128 cm³/mol. The van der Waals surface area contributed by atoms with E-state index in [0.29, 0.717) is 44.1 Å². The molecule has 4 fully saturated rings. The Kier molecular flexibility index (Phi) is 5.66. The second-order valence-electron chi connectivity index (χ2n) is 11.8. The number of rotatable bonds is 4. The van der Waals surface area contributed by atoms with Gasteiger partial charge in [-0.1, -0.05) is 18.2 Å². The van der Waals surface area contributed by atoms with Crippen LogP contribution in [-0.4, -0.2) is 55.9 Å². The van der Waals surface area contributed by atoms with E-state index in [1.165, 1.54) is 24.3 Å². The molecule has 0 aromatic heterocycles. The number of carbonyl (C=O) groups is 1. The van der Waals surface area contributed by atoms with Gasteiger partial charge in [0.15, 0.2) is 0 Å². The normalized spacial score (nSPS) is 22.6. The standard InChI is InChI=1S/C27H27F5N2O3S/c28-21-4-1-19(23(29)8-21)7-17-9-25(10-17)13-33(14-25)24(35)34-15-26(16-34)11-20(12-26)18-2-5-22(6-3-18)38(36,37)27(30,31)32/h1-6,8,17,20H,7,9-16H2. The fourth-order valence-corrected chi connectivity index (χ4v) is 7.86. The first-order valence-corrected chi connectivity index (χ1v) is 14.2. The molecule has 5 nitrogen and oxygen atoms in total. The molecule has 2 heterocycles. The van der Waals surface area contributed by atoms with E-state index in [1.54, 1.807) is 0 Å². The fraction of sp³-hybridized carbons (Fsp3) is 0.519. The van der Waals surface area contributed by atoms with Crippen LogP contribution >= 0.6 is 0 Å². The molecule has 38 heavy (non-hydrogen) atoms. The van der Waals surface area contributed by atoms with E-state index in [1.807, 2.05) is 9.80 Å². The topological polar surface area (TPSA) is 57.7 Å². The van der Waals surface area contributed by atoms with Crippen LogP contribution in [0.2, 0.25) is 0 Å². The first-order valence-electron chi connectivity index (χ1n) is 12.7. The van der Waals surface area contributed by atoms with E-state index in [0.717, 1.165) is 49.4 Å². The third kappa shape index (κ3) is 4.17. The van der Waals surface area contributed by atoms with E-state index >= 15 is 0 Å². The average molecular weight is 555 g/mol. The summed E-state index contributed by atoms with van der Waals surface area (Å²) in [7, 11) is -5.35. The largest absolute Gasteiger partial charge is 0.501 e. The molecule has 0 bridgehead atoms. The molecule has 0 N–H and O–H groups in total. The van der Waals surface area contributed by atoms with E-state index in [4.69, 9.17) is 0 Å². The number of amides is 2. The predicted octanol–water partition coefficient (Wildman–Crippen LogP) is 5.51. The zero-order valence-electron chi connectivity index (χ0n) is 20.5. The summed E-state index contributed by atoms with van der Waals surface area (Å²) in [6, 6.07) is 8.66. The smallest absolute Gasteiger partial charge is 0.323 e. The highest BCUT2D eigenvalue weighted by atomic mass is 32.2. The zero-order chi connectivity index (χ0) is 27.1. The molecule has 2 aliphatic carbocycles. The maximum absolute atomic E-state index is 13.9. The summed E-state index contributed by atoms with van der Waals surface area (Å²) in [5.41, 5.74) is -3.83. The summed E-state index contributed by atoms with van der Waals surface area (Å²) >= 11 is 0. The number of hydrogen-bond acceptors (Lipinski definition) is 3. The monoisotopic (exact) mass is 554 g/mol. The van der Waals surface area contributed by atoms with Crippen molar-refractivity contribution in [3.8, 4) is 0 Å². The molecule has 0 unspecified atom stereocenters. The third-order valence-electron chi connectivity index (χ3n) is 8.94. The number of hydrogen-bond donors (Lipinski definition) is 0. The number of carbonyl (C=O) groups excluding carboxylic acids is 1. The third-order valence-corrected chi connectivity index (χ3v) is 10.4. The van der Waals surface area contributed by atoms with E-state index in [-0.39, 0.29) is 22.8 Å². The van der Waals surface area contributed by atoms with Crippen molar-refractivity contribution >= 4 is 15.9 Å². The fourth-order valence-electron chi connectivity index (χ4n) is 7.10. The van der Waals surface area contributed by atoms with Crippen molar-refractivity contribution in [3.05, 3.63) is 65.2 Å². The van der Waals surface area contributed by atoms with Gasteiger partial charge in [0.05, 0.1) is 4.90 Å². The average Bonchev–Trinajstić information content (AvgIpc) is 2.73. The van der Waals surface area contributed by atoms with Crippen LogP contribution in [0.1, 0.15) is 42.7 Å². The lowest BCUT2D eigenvalue weighted by Gasteiger charge is -2.63. The molecular weight excluding hydrogens is 527 g/mol. The van der Waals surface area contributed by atoms with Gasteiger partial charge in [-0.25, -0.2) is 22.0 Å². The molecule has 2 aliphatic heterocycles. The Morgan fingerprint density at radius 2 is 1.42 bits per heavy atom. The summed E-state index contributed by atoms with van der Waals surface area (Å²) in [5, 5.41) is 0. The number of alkyl halides is 3. The second-order valence-corrected chi connectivity index (χ2v) is 13.8. The Hall–Kier alpha value is -2.69. The molecule has 2 saturated heterocycles. The van der Waals surface area contributed by atoms with Crippen LogP contribution < -0.4 is 0 Å². The molecule has 4 aliphatic rings. The summed E-state index contributed by atoms with van der Waals surface area (Å²) in [5.74, 6) is -0.604. The van der Waals surface area contributed by atoms with Gasteiger partial charge in [0.2, 0.25) is 0 Å². The SMILES string of the molecule is O=C(N1CC2(CC(Cc3ccc(F)cc3F)C2)C1)N1CC2(CC(c3ccc(S(=O)(=O)C(F)(F)F)cc3)C2)C1. The van der Waals surface area contributed by atoms with Crippen LogP contribution in [0.4, 0.5) is 26.7 Å². The highest BCUT2D eigenvalue weighted by Crippen LogP contribution is 2.57. The highest BCUT2D eigenvalue weighted by molar-refractivity contribution is 7.92. The first-order chi connectivity index (χ1) is 17.8. The Balaban J connectivity index is 0.942. The summed E-state index contributed by atoms with van der Waals surface area (Å²) in [6.07, 6.45) is 4.07. The lowest BCUT2D eigenvalue weighted by Crippen LogP contribution is -2.70. The molecule has 0 atom stereocenters. The zero-order valence-corrected chi connectivity index (χ0v) is 21.3. The molecule has 2 saturated carbocycles. The maximum Gasteiger partial charge on any atom is 0.501 e. The summed E-state index contributed by atoms with van der Waals surface area (Å²) in [6.45, 7) is 2.71. The first kappa shape index (κ1) is 25.6. The number of benzene rings is 2. The van der Waals surface area contributed by atoms with Gasteiger partial charge in [0, 0.05) is 43.1 Å². The molecule has 204 valence electrons. The van der Waals surface area contributed by atoms with Crippen molar-refractivity contribution in [2.75, 3.05) is 26.2 Å². The Labute approximate surface area is 217 Å². The Bertz CT molecular complexity index is 1360. The van der Waals surface area contributed by atoms with Gasteiger partial charge in [-0.2, -0.15) is 13.2 Å². The van der Waals surface area contributed by atoms with Crippen molar-refractivity contribution in [3.63, 3.8) is 0 Å². The van der Waals surface area contributed by atoms with E-state index < -0.39 is 31.9 Å². The van der Waals surface area contributed by atoms with Crippen LogP contribution in [0.25, 0.3) is 0 Å². The second kappa shape index (κ2) is 8.40. The number of sulfone groups is 1. The van der Waals surface area contributed by atoms with Crippen LogP contribution in [0, 0.1) is 28.4 Å². The molecule has 6 rings (SSSR count). The molecule has 2 spiro atoms. The molecule has 11 heteroatoms. The molecule has 0 radical (unpaired) electrons. The highest BCUT2D eigenvalue weighted by Gasteiger charge is 2.58. The number of halogens is 5. The quantitative estimate of drug-likeness (QED) is 0.469. The lowest BCUT2D eigenvalue weighted by molar-refractivity contribution is -0.1000. The minimum atomic E-state index is -5.35. The van der Waals surface area contributed by atoms with E-state index in [9.17, 15) is 35.2 Å². The van der Waals surface area contributed by atoms with Gasteiger partial charge in [-0.3, -0.25) is 0 Å². The molecule has 2 aromatic rings. The molecular formula is C27H27F5N2O3S. The van der Waals surface area contributed by atoms with Gasteiger partial charge in [0.25, 0.3) is 9.84 Å². The van der Waals surface area contributed by atoms with Gasteiger partial charge in [-0.15, -0.1) is 0 Å². The van der Waals surface area contributed by atoms with Crippen LogP contribution in [-0.2, 0) is 16.3 Å². The van der Waals surface area contributed by atoms with E-state index in [2.05, 4.69) is 0 Å². The van der Waals surface area contributed by atoms with Crippen molar-refractivity contribution < 1.29 is 35.2 Å². The van der Waals surface area contributed by atoms with Crippen molar-refractivity contribution in [1.82, 2.24) is 9.80 Å². The number of urea groups is 1. The minimum Gasteiger partial charge on any atom is -0.323 e. The van der Waals surface area contributed by atoms with Crippen molar-refractivity contribution in [1.29, 1.82) is 0 Å². The van der Waals surface area contributed by atoms with Crippen LogP contribution in [0.3, 0.4) is 0 Å². The van der Waals surface area contributed by atoms with Gasteiger partial charge >= 0.3 is 11.5 Å². The maximum atomic E-state index is 13.9. The molecule has 2 amide bonds. The van der Waals surface area contributed by atoms with Crippen molar-refractivity contribution in [2.45, 2.75) is 48.4 Å². The van der Waals surface area contributed by atoms with Gasteiger partial charge < -0.3 is 9.80 Å². The van der Waals surface area contributed by atoms with Gasteiger partial charge in [0.1, 0.15) is 11.6 Å². The Morgan fingerprint density at radius 1 is 0.868 bits per heavy atom. The number of likely N-dealkylation sites (tertiary alicyclic amines) is 2. The molecule has 2 aromatic carbocycles.